The maximum absolute atomic E-state index is 4.09. The minimum absolute atomic E-state index is 0.392. The molecule has 1 N–H and O–H groups in total. The van der Waals surface area contributed by atoms with Crippen LogP contribution in [0, 0.1) is 0 Å². The van der Waals surface area contributed by atoms with E-state index >= 15 is 0 Å². The number of para-hydroxylation sites is 1. The first-order valence-electron chi connectivity index (χ1n) is 5.90. The highest BCUT2D eigenvalue weighted by atomic mass is 32.2. The second-order valence-corrected chi connectivity index (χ2v) is 5.45. The number of hydrogen-bond donors (Lipinski definition) is 1. The highest BCUT2D eigenvalue weighted by molar-refractivity contribution is 7.99. The van der Waals surface area contributed by atoms with Crippen LogP contribution in [0.2, 0.25) is 0 Å². The molecule has 0 aliphatic heterocycles. The van der Waals surface area contributed by atoms with Gasteiger partial charge in [-0.15, -0.1) is 5.10 Å². The molecule has 2 rings (SSSR count). The third-order valence-electron chi connectivity index (χ3n) is 2.89. The molecule has 5 nitrogen and oxygen atoms in total. The zero-order valence-corrected chi connectivity index (χ0v) is 11.6. The van der Waals surface area contributed by atoms with Crippen LogP contribution < -0.4 is 5.32 Å². The molecule has 96 valence electrons. The lowest BCUT2D eigenvalue weighted by atomic mass is 10.3. The lowest BCUT2D eigenvalue weighted by Crippen LogP contribution is -2.30. The fourth-order valence-corrected chi connectivity index (χ4v) is 2.48. The molecule has 1 aromatic heterocycles. The van der Waals surface area contributed by atoms with Crippen LogP contribution in [-0.2, 0) is 0 Å². The number of tetrazole rings is 1. The highest BCUT2D eigenvalue weighted by Gasteiger charge is 2.16. The van der Waals surface area contributed by atoms with Crippen molar-refractivity contribution in [1.82, 2.24) is 25.5 Å². The molecule has 0 amide bonds. The molecule has 0 fully saturated rings. The van der Waals surface area contributed by atoms with Gasteiger partial charge in [0.25, 0.3) is 0 Å². The van der Waals surface area contributed by atoms with Crippen LogP contribution in [0.25, 0.3) is 5.69 Å². The molecule has 0 aliphatic rings. The van der Waals surface area contributed by atoms with Crippen LogP contribution in [0.3, 0.4) is 0 Å². The lowest BCUT2D eigenvalue weighted by molar-refractivity contribution is 0.603. The highest BCUT2D eigenvalue weighted by Crippen LogP contribution is 2.24. The summed E-state index contributed by atoms with van der Waals surface area (Å²) in [5.74, 6) is 0. The Labute approximate surface area is 111 Å². The van der Waals surface area contributed by atoms with E-state index in [2.05, 4.69) is 34.7 Å². The van der Waals surface area contributed by atoms with Gasteiger partial charge in [0.1, 0.15) is 0 Å². The van der Waals surface area contributed by atoms with Crippen LogP contribution in [0.1, 0.15) is 13.8 Å². The summed E-state index contributed by atoms with van der Waals surface area (Å²) < 4.78 is 1.77. The molecule has 1 heterocycles. The number of nitrogens with one attached hydrogen (secondary N) is 1. The molecule has 2 atom stereocenters. The summed E-state index contributed by atoms with van der Waals surface area (Å²) in [5, 5.41) is 16.3. The number of aromatic nitrogens is 4. The number of benzene rings is 1. The Kier molecular flexibility index (Phi) is 4.33. The van der Waals surface area contributed by atoms with Gasteiger partial charge in [-0.25, -0.2) is 0 Å². The van der Waals surface area contributed by atoms with E-state index in [1.165, 1.54) is 0 Å². The Morgan fingerprint density at radius 1 is 1.22 bits per heavy atom. The first-order chi connectivity index (χ1) is 8.72. The van der Waals surface area contributed by atoms with Gasteiger partial charge >= 0.3 is 0 Å². The zero-order valence-electron chi connectivity index (χ0n) is 10.7. The number of nitrogens with zero attached hydrogens (tertiary/aromatic N) is 4. The molecule has 1 aromatic carbocycles. The van der Waals surface area contributed by atoms with Crippen molar-refractivity contribution in [2.45, 2.75) is 30.3 Å². The molecule has 0 saturated heterocycles. The fraction of sp³-hybridized carbons (Fsp3) is 0.417. The van der Waals surface area contributed by atoms with Gasteiger partial charge in [-0.05, 0) is 36.5 Å². The van der Waals surface area contributed by atoms with Gasteiger partial charge in [0.05, 0.1) is 5.69 Å². The fourth-order valence-electron chi connectivity index (χ4n) is 1.49. The van der Waals surface area contributed by atoms with Crippen molar-refractivity contribution >= 4 is 11.8 Å². The van der Waals surface area contributed by atoms with E-state index in [-0.39, 0.29) is 0 Å². The van der Waals surface area contributed by atoms with E-state index in [1.54, 1.807) is 16.4 Å². The molecule has 6 heteroatoms. The molecular weight excluding hydrogens is 246 g/mol. The molecule has 0 saturated carbocycles. The molecule has 0 aliphatic carbocycles. The van der Waals surface area contributed by atoms with E-state index in [1.807, 2.05) is 37.4 Å². The number of rotatable bonds is 5. The van der Waals surface area contributed by atoms with Crippen LogP contribution >= 0.6 is 11.8 Å². The molecule has 0 bridgehead atoms. The largest absolute Gasteiger partial charge is 0.316 e. The van der Waals surface area contributed by atoms with Crippen molar-refractivity contribution in [1.29, 1.82) is 0 Å². The SMILES string of the molecule is CNC(C)C(C)Sc1nnnn1-c1ccccc1. The van der Waals surface area contributed by atoms with Crippen molar-refractivity contribution < 1.29 is 0 Å². The second-order valence-electron chi connectivity index (χ2n) is 4.11. The molecule has 2 unspecified atom stereocenters. The molecule has 2 aromatic rings. The average molecular weight is 263 g/mol. The van der Waals surface area contributed by atoms with Gasteiger partial charge < -0.3 is 5.32 Å². The van der Waals surface area contributed by atoms with Gasteiger partial charge in [0, 0.05) is 11.3 Å². The van der Waals surface area contributed by atoms with E-state index in [0.29, 0.717) is 11.3 Å². The Morgan fingerprint density at radius 3 is 2.61 bits per heavy atom. The summed E-state index contributed by atoms with van der Waals surface area (Å²) in [6, 6.07) is 10.3. The van der Waals surface area contributed by atoms with Crippen LogP contribution in [0.5, 0.6) is 0 Å². The summed E-state index contributed by atoms with van der Waals surface area (Å²) in [6.45, 7) is 4.31. The van der Waals surface area contributed by atoms with Crippen LogP contribution in [-0.4, -0.2) is 38.5 Å². The molecular formula is C12H17N5S. The summed E-state index contributed by atoms with van der Waals surface area (Å²) in [7, 11) is 1.96. The summed E-state index contributed by atoms with van der Waals surface area (Å²) in [6.07, 6.45) is 0. The quantitative estimate of drug-likeness (QED) is 0.833. The van der Waals surface area contributed by atoms with Crippen LogP contribution in [0.15, 0.2) is 35.5 Å². The second kappa shape index (κ2) is 5.97. The maximum atomic E-state index is 4.09. The van der Waals surface area contributed by atoms with Crippen molar-refractivity contribution in [3.8, 4) is 5.69 Å². The number of hydrogen-bond acceptors (Lipinski definition) is 5. The van der Waals surface area contributed by atoms with E-state index in [4.69, 9.17) is 0 Å². The van der Waals surface area contributed by atoms with E-state index in [9.17, 15) is 0 Å². The smallest absolute Gasteiger partial charge is 0.214 e. The Morgan fingerprint density at radius 2 is 1.94 bits per heavy atom. The normalized spacial score (nSPS) is 14.4. The predicted molar refractivity (Wildman–Crippen MR) is 73.0 cm³/mol. The minimum Gasteiger partial charge on any atom is -0.316 e. The van der Waals surface area contributed by atoms with Gasteiger partial charge in [-0.1, -0.05) is 36.9 Å². The van der Waals surface area contributed by atoms with Gasteiger partial charge in [0.15, 0.2) is 0 Å². The van der Waals surface area contributed by atoms with Crippen molar-refractivity contribution in [2.24, 2.45) is 0 Å². The van der Waals surface area contributed by atoms with E-state index < -0.39 is 0 Å². The van der Waals surface area contributed by atoms with Gasteiger partial charge in [0.2, 0.25) is 5.16 Å². The third-order valence-corrected chi connectivity index (χ3v) is 4.14. The molecule has 18 heavy (non-hydrogen) atoms. The topological polar surface area (TPSA) is 55.6 Å². The Balaban J connectivity index is 2.19. The summed E-state index contributed by atoms with van der Waals surface area (Å²) >= 11 is 1.67. The standard InChI is InChI=1S/C12H17N5S/c1-9(13-3)10(2)18-12-14-15-16-17(12)11-7-5-4-6-8-11/h4-10,13H,1-3H3. The van der Waals surface area contributed by atoms with Crippen molar-refractivity contribution in [3.05, 3.63) is 30.3 Å². The first kappa shape index (κ1) is 13.0. The third kappa shape index (κ3) is 2.88. The summed E-state index contributed by atoms with van der Waals surface area (Å²) in [4.78, 5) is 0. The monoisotopic (exact) mass is 263 g/mol. The van der Waals surface area contributed by atoms with Crippen molar-refractivity contribution in [2.75, 3.05) is 7.05 Å². The zero-order chi connectivity index (χ0) is 13.0. The predicted octanol–water partition coefficient (Wildman–Crippen LogP) is 1.75. The number of thioether (sulfide) groups is 1. The Hall–Kier alpha value is -1.40. The summed E-state index contributed by atoms with van der Waals surface area (Å²) in [5.41, 5.74) is 0.981. The van der Waals surface area contributed by atoms with Crippen LogP contribution in [0.4, 0.5) is 0 Å². The average Bonchev–Trinajstić information content (AvgIpc) is 2.86. The first-order valence-corrected chi connectivity index (χ1v) is 6.78. The van der Waals surface area contributed by atoms with Crippen molar-refractivity contribution in [3.63, 3.8) is 0 Å². The lowest BCUT2D eigenvalue weighted by Gasteiger charge is -2.17. The van der Waals surface area contributed by atoms with Gasteiger partial charge in [-0.3, -0.25) is 0 Å². The minimum atomic E-state index is 0.392. The van der Waals surface area contributed by atoms with E-state index in [0.717, 1.165) is 10.8 Å². The van der Waals surface area contributed by atoms with Gasteiger partial charge in [-0.2, -0.15) is 4.68 Å². The maximum Gasteiger partial charge on any atom is 0.214 e. The molecule has 0 radical (unpaired) electrons. The molecule has 0 spiro atoms. The Bertz CT molecular complexity index is 484.